The van der Waals surface area contributed by atoms with Crippen molar-refractivity contribution in [2.45, 2.75) is 6.92 Å². The van der Waals surface area contributed by atoms with E-state index in [2.05, 4.69) is 26.8 Å². The average molecular weight is 296 g/mol. The first kappa shape index (κ1) is 13.3. The number of hydrazine groups is 1. The monoisotopic (exact) mass is 296 g/mol. The summed E-state index contributed by atoms with van der Waals surface area (Å²) in [6, 6.07) is 9.56. The maximum absolute atomic E-state index is 9.01. The molecule has 0 amide bonds. The van der Waals surface area contributed by atoms with E-state index in [1.807, 2.05) is 24.4 Å². The highest BCUT2D eigenvalue weighted by Gasteiger charge is 2.10. The summed E-state index contributed by atoms with van der Waals surface area (Å²) >= 11 is 1.51. The van der Waals surface area contributed by atoms with Gasteiger partial charge < -0.3 is 5.32 Å². The van der Waals surface area contributed by atoms with Gasteiger partial charge in [0.05, 0.1) is 17.0 Å². The van der Waals surface area contributed by atoms with E-state index in [-0.39, 0.29) is 0 Å². The molecule has 21 heavy (non-hydrogen) atoms. The molecular formula is C14H12N6S. The fraction of sp³-hybridized carbons (Fsp3) is 0.0714. The minimum atomic E-state index is 0.349. The maximum Gasteiger partial charge on any atom is 0.240 e. The van der Waals surface area contributed by atoms with E-state index in [9.17, 15) is 0 Å². The van der Waals surface area contributed by atoms with Gasteiger partial charge in [0, 0.05) is 5.69 Å². The predicted octanol–water partition coefficient (Wildman–Crippen LogP) is 2.90. The first-order valence-electron chi connectivity index (χ1n) is 6.21. The number of hydrogen-bond donors (Lipinski definition) is 3. The predicted molar refractivity (Wildman–Crippen MR) is 84.4 cm³/mol. The molecule has 2 heterocycles. The van der Waals surface area contributed by atoms with Crippen LogP contribution < -0.4 is 16.6 Å². The van der Waals surface area contributed by atoms with E-state index in [1.54, 1.807) is 12.1 Å². The number of hydrogen-bond acceptors (Lipinski definition) is 7. The molecule has 0 aliphatic rings. The number of benzene rings is 1. The molecule has 0 radical (unpaired) electrons. The molecule has 0 atom stereocenters. The van der Waals surface area contributed by atoms with E-state index in [0.29, 0.717) is 17.3 Å². The Morgan fingerprint density at radius 1 is 1.29 bits per heavy atom. The van der Waals surface area contributed by atoms with Crippen molar-refractivity contribution in [3.05, 3.63) is 40.8 Å². The van der Waals surface area contributed by atoms with Gasteiger partial charge in [0.1, 0.15) is 10.6 Å². The number of nitrogens with one attached hydrogen (secondary N) is 2. The van der Waals surface area contributed by atoms with Gasteiger partial charge >= 0.3 is 0 Å². The zero-order valence-electron chi connectivity index (χ0n) is 11.2. The number of nitrogens with zero attached hydrogens (tertiary/aromatic N) is 3. The lowest BCUT2D eigenvalue weighted by molar-refractivity contribution is 1.16. The van der Waals surface area contributed by atoms with Crippen LogP contribution in [0.1, 0.15) is 11.1 Å². The van der Waals surface area contributed by atoms with E-state index >= 15 is 0 Å². The van der Waals surface area contributed by atoms with Crippen LogP contribution in [0.15, 0.2) is 29.6 Å². The van der Waals surface area contributed by atoms with Gasteiger partial charge in [-0.3, -0.25) is 5.43 Å². The van der Waals surface area contributed by atoms with Crippen LogP contribution in [0.4, 0.5) is 17.5 Å². The van der Waals surface area contributed by atoms with Crippen molar-refractivity contribution >= 4 is 39.0 Å². The molecule has 2 aromatic heterocycles. The van der Waals surface area contributed by atoms with Crippen molar-refractivity contribution in [1.82, 2.24) is 9.97 Å². The Labute approximate surface area is 125 Å². The highest BCUT2D eigenvalue weighted by Crippen LogP contribution is 2.29. The number of aryl methyl sites for hydroxylation is 1. The van der Waals surface area contributed by atoms with Gasteiger partial charge in [0.25, 0.3) is 0 Å². The first-order chi connectivity index (χ1) is 10.2. The summed E-state index contributed by atoms with van der Waals surface area (Å²) in [5.74, 6) is 6.41. The quantitative estimate of drug-likeness (QED) is 0.507. The van der Waals surface area contributed by atoms with Gasteiger partial charge in [-0.05, 0) is 36.1 Å². The molecule has 0 fully saturated rings. The molecule has 7 heteroatoms. The molecular weight excluding hydrogens is 284 g/mol. The summed E-state index contributed by atoms with van der Waals surface area (Å²) in [6.45, 7) is 1.97. The Morgan fingerprint density at radius 2 is 2.14 bits per heavy atom. The topological polar surface area (TPSA) is 99.7 Å². The lowest BCUT2D eigenvalue weighted by atomic mass is 10.1. The SMILES string of the molecule is Cc1ccc(C#N)cc1Nc1nc(NN)nc2sccc12. The van der Waals surface area contributed by atoms with E-state index in [0.717, 1.165) is 21.5 Å². The normalized spacial score (nSPS) is 10.3. The molecule has 0 aliphatic heterocycles. The van der Waals surface area contributed by atoms with E-state index in [1.165, 1.54) is 11.3 Å². The lowest BCUT2D eigenvalue weighted by Gasteiger charge is -2.11. The van der Waals surface area contributed by atoms with E-state index < -0.39 is 0 Å². The largest absolute Gasteiger partial charge is 0.339 e. The highest BCUT2D eigenvalue weighted by molar-refractivity contribution is 7.16. The van der Waals surface area contributed by atoms with Crippen molar-refractivity contribution in [3.63, 3.8) is 0 Å². The molecule has 3 rings (SSSR count). The van der Waals surface area contributed by atoms with Crippen LogP contribution in [0.5, 0.6) is 0 Å². The van der Waals surface area contributed by atoms with Crippen molar-refractivity contribution in [2.75, 3.05) is 10.7 Å². The Morgan fingerprint density at radius 3 is 2.90 bits per heavy atom. The van der Waals surface area contributed by atoms with Gasteiger partial charge in [0.2, 0.25) is 5.95 Å². The summed E-state index contributed by atoms with van der Waals surface area (Å²) in [6.07, 6.45) is 0. The van der Waals surface area contributed by atoms with Crippen molar-refractivity contribution in [2.24, 2.45) is 5.84 Å². The van der Waals surface area contributed by atoms with Crippen LogP contribution in [0.2, 0.25) is 0 Å². The number of nitrogen functional groups attached to an aromatic ring is 1. The molecule has 0 bridgehead atoms. The molecule has 0 aliphatic carbocycles. The molecule has 0 saturated carbocycles. The third-order valence-corrected chi connectivity index (χ3v) is 3.88. The van der Waals surface area contributed by atoms with Crippen LogP contribution in [-0.2, 0) is 0 Å². The second-order valence-electron chi connectivity index (χ2n) is 4.45. The molecule has 0 spiro atoms. The molecule has 3 aromatic rings. The smallest absolute Gasteiger partial charge is 0.240 e. The third kappa shape index (κ3) is 2.50. The highest BCUT2D eigenvalue weighted by atomic mass is 32.1. The number of rotatable bonds is 3. The van der Waals surface area contributed by atoms with Crippen molar-refractivity contribution in [1.29, 1.82) is 5.26 Å². The van der Waals surface area contributed by atoms with Crippen LogP contribution in [0, 0.1) is 18.3 Å². The number of nitrogens with two attached hydrogens (primary N) is 1. The molecule has 1 aromatic carbocycles. The second-order valence-corrected chi connectivity index (χ2v) is 5.34. The Hall–Kier alpha value is -2.69. The minimum absolute atomic E-state index is 0.349. The zero-order chi connectivity index (χ0) is 14.8. The molecule has 6 nitrogen and oxygen atoms in total. The molecule has 0 saturated heterocycles. The Balaban J connectivity index is 2.09. The minimum Gasteiger partial charge on any atom is -0.339 e. The van der Waals surface area contributed by atoms with Crippen LogP contribution in [0.25, 0.3) is 10.2 Å². The molecule has 4 N–H and O–H groups in total. The van der Waals surface area contributed by atoms with Crippen LogP contribution in [-0.4, -0.2) is 9.97 Å². The van der Waals surface area contributed by atoms with E-state index in [4.69, 9.17) is 11.1 Å². The fourth-order valence-corrected chi connectivity index (χ4v) is 2.73. The second kappa shape index (κ2) is 5.36. The maximum atomic E-state index is 9.01. The zero-order valence-corrected chi connectivity index (χ0v) is 12.0. The van der Waals surface area contributed by atoms with Gasteiger partial charge in [-0.15, -0.1) is 11.3 Å². The Kier molecular flexibility index (Phi) is 3.39. The van der Waals surface area contributed by atoms with Crippen LogP contribution in [0.3, 0.4) is 0 Å². The first-order valence-corrected chi connectivity index (χ1v) is 7.09. The molecule has 104 valence electrons. The fourth-order valence-electron chi connectivity index (χ4n) is 1.97. The van der Waals surface area contributed by atoms with Gasteiger partial charge in [-0.2, -0.15) is 10.2 Å². The summed E-state index contributed by atoms with van der Waals surface area (Å²) in [5.41, 5.74) is 4.92. The summed E-state index contributed by atoms with van der Waals surface area (Å²) < 4.78 is 0. The van der Waals surface area contributed by atoms with Gasteiger partial charge in [-0.1, -0.05) is 6.07 Å². The summed E-state index contributed by atoms with van der Waals surface area (Å²) in [7, 11) is 0. The third-order valence-electron chi connectivity index (χ3n) is 3.07. The van der Waals surface area contributed by atoms with Crippen molar-refractivity contribution in [3.8, 4) is 6.07 Å². The average Bonchev–Trinajstić information content (AvgIpc) is 2.98. The summed E-state index contributed by atoms with van der Waals surface area (Å²) in [4.78, 5) is 9.48. The van der Waals surface area contributed by atoms with Gasteiger partial charge in [0.15, 0.2) is 0 Å². The number of aromatic nitrogens is 2. The van der Waals surface area contributed by atoms with Crippen LogP contribution >= 0.6 is 11.3 Å². The summed E-state index contributed by atoms with van der Waals surface area (Å²) in [5, 5.41) is 15.1. The molecule has 0 unspecified atom stereocenters. The van der Waals surface area contributed by atoms with Crippen molar-refractivity contribution < 1.29 is 0 Å². The number of anilines is 3. The van der Waals surface area contributed by atoms with Gasteiger partial charge in [-0.25, -0.2) is 10.8 Å². The number of thiophene rings is 1. The number of fused-ring (bicyclic) bond motifs is 1. The number of nitriles is 1. The lowest BCUT2D eigenvalue weighted by Crippen LogP contribution is -2.11. The Bertz CT molecular complexity index is 848. The standard InChI is InChI=1S/C14H12N6S/c1-8-2-3-9(7-15)6-11(8)17-12-10-4-5-21-13(10)19-14(18-12)20-16/h2-6H,16H2,1H3,(H2,17,18,19,20).